The lowest BCUT2D eigenvalue weighted by Crippen LogP contribution is -2.17. The van der Waals surface area contributed by atoms with E-state index in [9.17, 15) is 9.59 Å². The highest BCUT2D eigenvalue weighted by atomic mass is 32.1. The van der Waals surface area contributed by atoms with E-state index in [0.717, 1.165) is 15.6 Å². The number of ether oxygens (including phenoxy) is 1. The molecule has 1 N–H and O–H groups in total. The third-order valence-corrected chi connectivity index (χ3v) is 5.58. The normalized spacial score (nSPS) is 12.4. The lowest BCUT2D eigenvalue weighted by Gasteiger charge is -2.12. The molecule has 2 heterocycles. The van der Waals surface area contributed by atoms with E-state index in [2.05, 4.69) is 9.97 Å². The van der Waals surface area contributed by atoms with Crippen molar-refractivity contribution in [3.8, 4) is 0 Å². The lowest BCUT2D eigenvalue weighted by molar-refractivity contribution is 0.0325. The Labute approximate surface area is 153 Å². The maximum Gasteiger partial charge on any atom is 0.349 e. The molecule has 0 fully saturated rings. The molecule has 2 aromatic heterocycles. The number of para-hydroxylation sites is 1. The molecule has 1 atom stereocenters. The Morgan fingerprint density at radius 3 is 2.58 bits per heavy atom. The number of thiophene rings is 1. The standard InChI is InChI=1S/C20H16N2O3S/c1-11-13-7-4-6-10-16(13)26-17(11)20(24)25-12(2)18-21-15-9-5-3-8-14(15)19(23)22-18/h3-10,12H,1-2H3,(H,21,22,23)/t12-/m0/s1. The number of carbonyl (C=O) groups is 1. The Hall–Kier alpha value is -2.99. The van der Waals surface area contributed by atoms with Gasteiger partial charge in [-0.3, -0.25) is 4.79 Å². The molecule has 4 aromatic rings. The summed E-state index contributed by atoms with van der Waals surface area (Å²) in [4.78, 5) is 32.5. The van der Waals surface area contributed by atoms with Crippen LogP contribution in [0.15, 0.2) is 53.3 Å². The van der Waals surface area contributed by atoms with Crippen LogP contribution in [-0.2, 0) is 4.74 Å². The molecule has 0 aliphatic heterocycles. The van der Waals surface area contributed by atoms with Crippen molar-refractivity contribution in [2.75, 3.05) is 0 Å². The fourth-order valence-corrected chi connectivity index (χ4v) is 4.03. The number of nitrogens with zero attached hydrogens (tertiary/aromatic N) is 1. The predicted octanol–water partition coefficient (Wildman–Crippen LogP) is 4.36. The molecule has 0 bridgehead atoms. The Balaban J connectivity index is 1.65. The molecule has 130 valence electrons. The summed E-state index contributed by atoms with van der Waals surface area (Å²) < 4.78 is 6.62. The van der Waals surface area contributed by atoms with Crippen LogP contribution in [0.25, 0.3) is 21.0 Å². The zero-order valence-electron chi connectivity index (χ0n) is 14.3. The van der Waals surface area contributed by atoms with Crippen molar-refractivity contribution in [2.24, 2.45) is 0 Å². The minimum absolute atomic E-state index is 0.244. The first-order valence-corrected chi connectivity index (χ1v) is 9.04. The summed E-state index contributed by atoms with van der Waals surface area (Å²) in [5.41, 5.74) is 1.24. The number of hydrogen-bond acceptors (Lipinski definition) is 5. The summed E-state index contributed by atoms with van der Waals surface area (Å²) in [7, 11) is 0. The number of H-pyrrole nitrogens is 1. The van der Waals surface area contributed by atoms with Crippen molar-refractivity contribution >= 4 is 38.3 Å². The third-order valence-electron chi connectivity index (χ3n) is 4.33. The van der Waals surface area contributed by atoms with Crippen LogP contribution in [0.1, 0.15) is 34.1 Å². The first-order valence-electron chi connectivity index (χ1n) is 8.22. The summed E-state index contributed by atoms with van der Waals surface area (Å²) in [5.74, 6) is -0.0761. The van der Waals surface area contributed by atoms with Gasteiger partial charge in [0.15, 0.2) is 11.9 Å². The van der Waals surface area contributed by atoms with Crippen LogP contribution in [0.4, 0.5) is 0 Å². The molecule has 0 aliphatic carbocycles. The Morgan fingerprint density at radius 2 is 1.81 bits per heavy atom. The lowest BCUT2D eigenvalue weighted by atomic mass is 10.1. The van der Waals surface area contributed by atoms with Gasteiger partial charge in [0.1, 0.15) is 4.88 Å². The second kappa shape index (κ2) is 6.38. The van der Waals surface area contributed by atoms with Gasteiger partial charge in [-0.15, -0.1) is 11.3 Å². The SMILES string of the molecule is Cc1c(C(=O)O[C@@H](C)c2nc3ccccc3c(=O)[nH]2)sc2ccccc12. The topological polar surface area (TPSA) is 72.0 Å². The molecule has 0 amide bonds. The molecule has 0 unspecified atom stereocenters. The monoisotopic (exact) mass is 364 g/mol. The van der Waals surface area contributed by atoms with Crippen LogP contribution in [0.2, 0.25) is 0 Å². The van der Waals surface area contributed by atoms with Crippen LogP contribution in [-0.4, -0.2) is 15.9 Å². The average Bonchev–Trinajstić information content (AvgIpc) is 2.99. The Kier molecular flexibility index (Phi) is 4.05. The van der Waals surface area contributed by atoms with E-state index in [1.165, 1.54) is 11.3 Å². The van der Waals surface area contributed by atoms with Gasteiger partial charge >= 0.3 is 5.97 Å². The molecule has 26 heavy (non-hydrogen) atoms. The minimum Gasteiger partial charge on any atom is -0.450 e. The van der Waals surface area contributed by atoms with Crippen molar-refractivity contribution in [1.82, 2.24) is 9.97 Å². The highest BCUT2D eigenvalue weighted by Crippen LogP contribution is 2.32. The van der Waals surface area contributed by atoms with E-state index in [1.54, 1.807) is 25.1 Å². The van der Waals surface area contributed by atoms with Gasteiger partial charge in [-0.05, 0) is 43.0 Å². The van der Waals surface area contributed by atoms with Gasteiger partial charge in [-0.1, -0.05) is 30.3 Å². The quantitative estimate of drug-likeness (QED) is 0.548. The fourth-order valence-electron chi connectivity index (χ4n) is 2.94. The van der Waals surface area contributed by atoms with E-state index in [-0.39, 0.29) is 5.56 Å². The molecule has 2 aromatic carbocycles. The van der Waals surface area contributed by atoms with Gasteiger partial charge in [0, 0.05) is 4.70 Å². The average molecular weight is 364 g/mol. The van der Waals surface area contributed by atoms with Gasteiger partial charge in [0.05, 0.1) is 10.9 Å². The van der Waals surface area contributed by atoms with Crippen LogP contribution < -0.4 is 5.56 Å². The van der Waals surface area contributed by atoms with Crippen LogP contribution in [0.3, 0.4) is 0 Å². The third kappa shape index (κ3) is 2.78. The predicted molar refractivity (Wildman–Crippen MR) is 103 cm³/mol. The van der Waals surface area contributed by atoms with Crippen LogP contribution >= 0.6 is 11.3 Å². The van der Waals surface area contributed by atoms with Gasteiger partial charge in [-0.2, -0.15) is 0 Å². The van der Waals surface area contributed by atoms with Gasteiger partial charge in [0.2, 0.25) is 0 Å². The summed E-state index contributed by atoms with van der Waals surface area (Å²) in [6, 6.07) is 14.9. The molecular formula is C20H16N2O3S. The van der Waals surface area contributed by atoms with Crippen LogP contribution in [0.5, 0.6) is 0 Å². The van der Waals surface area contributed by atoms with Gasteiger partial charge < -0.3 is 9.72 Å². The zero-order valence-corrected chi connectivity index (χ0v) is 15.1. The van der Waals surface area contributed by atoms with Crippen molar-refractivity contribution in [2.45, 2.75) is 20.0 Å². The number of hydrogen-bond donors (Lipinski definition) is 1. The molecule has 0 spiro atoms. The van der Waals surface area contributed by atoms with E-state index in [0.29, 0.717) is 21.6 Å². The summed E-state index contributed by atoms with van der Waals surface area (Å²) in [6.45, 7) is 3.61. The molecule has 4 rings (SSSR count). The first-order chi connectivity index (χ1) is 12.5. The summed E-state index contributed by atoms with van der Waals surface area (Å²) in [5, 5.41) is 1.56. The maximum absolute atomic E-state index is 12.6. The minimum atomic E-state index is -0.663. The van der Waals surface area contributed by atoms with E-state index in [4.69, 9.17) is 4.74 Å². The zero-order chi connectivity index (χ0) is 18.3. The van der Waals surface area contributed by atoms with Crippen molar-refractivity contribution in [3.63, 3.8) is 0 Å². The van der Waals surface area contributed by atoms with E-state index < -0.39 is 12.1 Å². The number of fused-ring (bicyclic) bond motifs is 2. The molecule has 0 radical (unpaired) electrons. The number of esters is 1. The number of rotatable bonds is 3. The fraction of sp³-hybridized carbons (Fsp3) is 0.150. The van der Waals surface area contributed by atoms with E-state index in [1.807, 2.05) is 37.3 Å². The smallest absolute Gasteiger partial charge is 0.349 e. The van der Waals surface area contributed by atoms with Gasteiger partial charge in [0.25, 0.3) is 5.56 Å². The number of carbonyl (C=O) groups excluding carboxylic acids is 1. The molecule has 0 saturated heterocycles. The number of aryl methyl sites for hydroxylation is 1. The summed E-state index contributed by atoms with van der Waals surface area (Å²) in [6.07, 6.45) is -0.663. The summed E-state index contributed by atoms with van der Waals surface area (Å²) >= 11 is 1.41. The van der Waals surface area contributed by atoms with Gasteiger partial charge in [-0.25, -0.2) is 9.78 Å². The number of benzene rings is 2. The molecular weight excluding hydrogens is 348 g/mol. The Morgan fingerprint density at radius 1 is 1.12 bits per heavy atom. The molecule has 0 aliphatic rings. The highest BCUT2D eigenvalue weighted by Gasteiger charge is 2.21. The molecule has 6 heteroatoms. The van der Waals surface area contributed by atoms with E-state index >= 15 is 0 Å². The molecule has 0 saturated carbocycles. The second-order valence-electron chi connectivity index (χ2n) is 6.07. The first kappa shape index (κ1) is 16.5. The second-order valence-corrected chi connectivity index (χ2v) is 7.12. The number of aromatic amines is 1. The molecule has 5 nitrogen and oxygen atoms in total. The number of nitrogens with one attached hydrogen (secondary N) is 1. The van der Waals surface area contributed by atoms with Crippen molar-refractivity contribution < 1.29 is 9.53 Å². The number of aromatic nitrogens is 2. The van der Waals surface area contributed by atoms with Crippen LogP contribution in [0, 0.1) is 6.92 Å². The van der Waals surface area contributed by atoms with Crippen molar-refractivity contribution in [3.05, 3.63) is 75.1 Å². The Bertz CT molecular complexity index is 1190. The van der Waals surface area contributed by atoms with Crippen molar-refractivity contribution in [1.29, 1.82) is 0 Å². The maximum atomic E-state index is 12.6. The highest BCUT2D eigenvalue weighted by molar-refractivity contribution is 7.21. The largest absolute Gasteiger partial charge is 0.450 e.